The van der Waals surface area contributed by atoms with E-state index >= 15 is 0 Å². The zero-order valence-corrected chi connectivity index (χ0v) is 21.9. The van der Waals surface area contributed by atoms with Crippen molar-refractivity contribution in [2.24, 2.45) is 11.5 Å². The first-order chi connectivity index (χ1) is 16.6. The summed E-state index contributed by atoms with van der Waals surface area (Å²) in [5, 5.41) is 25.7. The number of rotatable bonds is 20. The number of nitrogens with one attached hydrogen (secondary N) is 3. The Balaban J connectivity index is 5.35. The van der Waals surface area contributed by atoms with Crippen LogP contribution in [0.3, 0.4) is 0 Å². The van der Waals surface area contributed by atoms with Gasteiger partial charge in [-0.15, -0.1) is 0 Å². The first kappa shape index (κ1) is 33.0. The zero-order valence-electron chi connectivity index (χ0n) is 20.3. The van der Waals surface area contributed by atoms with Gasteiger partial charge in [-0.3, -0.25) is 19.2 Å². The molecular formula is C21H39N5O7S2. The summed E-state index contributed by atoms with van der Waals surface area (Å²) in [4.78, 5) is 60.5. The standard InChI is InChI=1S/C21H39N5O7S2/c1-34-11-8-14(24-18(29)13(23)5-3-4-10-22)19(30)25-15(9-12-35-2)20(31)26-16(21(32)33)6-7-17(27)28/h13-16H,3-12,22-23H2,1-2H3,(H,24,29)(H,25,30)(H,26,31)(H,27,28)(H,32,33). The van der Waals surface area contributed by atoms with Crippen molar-refractivity contribution >= 4 is 53.2 Å². The van der Waals surface area contributed by atoms with E-state index in [2.05, 4.69) is 16.0 Å². The van der Waals surface area contributed by atoms with Crippen LogP contribution in [0.2, 0.25) is 0 Å². The number of carbonyl (C=O) groups is 5. The van der Waals surface area contributed by atoms with E-state index in [4.69, 9.17) is 16.6 Å². The van der Waals surface area contributed by atoms with E-state index in [1.807, 2.05) is 12.5 Å². The molecule has 0 aliphatic carbocycles. The molecule has 12 nitrogen and oxygen atoms in total. The van der Waals surface area contributed by atoms with Crippen LogP contribution in [0.25, 0.3) is 0 Å². The predicted molar refractivity (Wildman–Crippen MR) is 137 cm³/mol. The van der Waals surface area contributed by atoms with Crippen molar-refractivity contribution in [1.29, 1.82) is 0 Å². The maximum Gasteiger partial charge on any atom is 0.326 e. The fourth-order valence-electron chi connectivity index (χ4n) is 3.00. The summed E-state index contributed by atoms with van der Waals surface area (Å²) in [6.07, 6.45) is 5.29. The van der Waals surface area contributed by atoms with Crippen molar-refractivity contribution < 1.29 is 34.2 Å². The number of carbonyl (C=O) groups excluding carboxylic acids is 3. The quantitative estimate of drug-likeness (QED) is 0.0969. The van der Waals surface area contributed by atoms with Gasteiger partial charge in [0.25, 0.3) is 0 Å². The van der Waals surface area contributed by atoms with E-state index in [1.165, 1.54) is 23.5 Å². The molecule has 4 atom stereocenters. The molecule has 9 N–H and O–H groups in total. The van der Waals surface area contributed by atoms with Crippen LogP contribution in [0.1, 0.15) is 44.9 Å². The first-order valence-corrected chi connectivity index (χ1v) is 14.1. The molecule has 0 aromatic carbocycles. The number of hydrogen-bond acceptors (Lipinski definition) is 9. The number of thioether (sulfide) groups is 2. The predicted octanol–water partition coefficient (Wildman–Crippen LogP) is -0.647. The van der Waals surface area contributed by atoms with Crippen LogP contribution in [-0.2, 0) is 24.0 Å². The fourth-order valence-corrected chi connectivity index (χ4v) is 3.94. The van der Waals surface area contributed by atoms with Crippen molar-refractivity contribution in [2.45, 2.75) is 69.1 Å². The Labute approximate surface area is 214 Å². The lowest BCUT2D eigenvalue weighted by Gasteiger charge is -2.25. The van der Waals surface area contributed by atoms with Crippen LogP contribution < -0.4 is 27.4 Å². The summed E-state index contributed by atoms with van der Waals surface area (Å²) >= 11 is 2.92. The third-order valence-electron chi connectivity index (χ3n) is 5.05. The molecule has 0 saturated carbocycles. The van der Waals surface area contributed by atoms with Gasteiger partial charge < -0.3 is 37.6 Å². The Morgan fingerprint density at radius 2 is 1.23 bits per heavy atom. The molecular weight excluding hydrogens is 498 g/mol. The Hall–Kier alpha value is -2.03. The van der Waals surface area contributed by atoms with E-state index in [1.54, 1.807) is 0 Å². The van der Waals surface area contributed by atoms with E-state index in [0.29, 0.717) is 37.3 Å². The van der Waals surface area contributed by atoms with Crippen LogP contribution in [0, 0.1) is 0 Å². The van der Waals surface area contributed by atoms with Crippen LogP contribution in [0.5, 0.6) is 0 Å². The Morgan fingerprint density at radius 1 is 0.743 bits per heavy atom. The minimum absolute atomic E-state index is 0.214. The van der Waals surface area contributed by atoms with Gasteiger partial charge in [0.2, 0.25) is 17.7 Å². The van der Waals surface area contributed by atoms with Crippen molar-refractivity contribution in [1.82, 2.24) is 16.0 Å². The number of carboxylic acid groups (broad SMARTS) is 2. The highest BCUT2D eigenvalue weighted by Gasteiger charge is 2.30. The second-order valence-electron chi connectivity index (χ2n) is 7.91. The molecule has 0 aliphatic rings. The lowest BCUT2D eigenvalue weighted by Crippen LogP contribution is -2.57. The number of nitrogens with two attached hydrogens (primary N) is 2. The van der Waals surface area contributed by atoms with Gasteiger partial charge >= 0.3 is 11.9 Å². The van der Waals surface area contributed by atoms with E-state index in [0.717, 1.165) is 6.42 Å². The van der Waals surface area contributed by atoms with Crippen molar-refractivity contribution in [2.75, 3.05) is 30.6 Å². The molecule has 0 aliphatic heterocycles. The average Bonchev–Trinajstić information content (AvgIpc) is 2.81. The summed E-state index contributed by atoms with van der Waals surface area (Å²) in [6.45, 7) is 0.492. The minimum Gasteiger partial charge on any atom is -0.481 e. The van der Waals surface area contributed by atoms with Gasteiger partial charge in [-0.2, -0.15) is 23.5 Å². The highest BCUT2D eigenvalue weighted by atomic mass is 32.2. The Bertz CT molecular complexity index is 699. The topological polar surface area (TPSA) is 214 Å². The van der Waals surface area contributed by atoms with Gasteiger partial charge in [-0.25, -0.2) is 4.79 Å². The van der Waals surface area contributed by atoms with Crippen LogP contribution in [-0.4, -0.2) is 94.6 Å². The largest absolute Gasteiger partial charge is 0.481 e. The Kier molecular flexibility index (Phi) is 18.1. The monoisotopic (exact) mass is 537 g/mol. The fraction of sp³-hybridized carbons (Fsp3) is 0.762. The zero-order chi connectivity index (χ0) is 26.8. The van der Waals surface area contributed by atoms with Crippen molar-refractivity contribution in [3.05, 3.63) is 0 Å². The van der Waals surface area contributed by atoms with E-state index in [-0.39, 0.29) is 12.8 Å². The molecule has 0 saturated heterocycles. The van der Waals surface area contributed by atoms with Crippen LogP contribution >= 0.6 is 23.5 Å². The molecule has 0 spiro atoms. The normalized spacial score (nSPS) is 14.3. The lowest BCUT2D eigenvalue weighted by molar-refractivity contribution is -0.143. The number of amides is 3. The maximum atomic E-state index is 13.0. The van der Waals surface area contributed by atoms with E-state index < -0.39 is 60.2 Å². The second-order valence-corrected chi connectivity index (χ2v) is 9.88. The maximum absolute atomic E-state index is 13.0. The molecule has 14 heteroatoms. The summed E-state index contributed by atoms with van der Waals surface area (Å²) < 4.78 is 0. The average molecular weight is 538 g/mol. The molecule has 0 fully saturated rings. The number of hydrogen-bond donors (Lipinski definition) is 7. The number of aliphatic carboxylic acids is 2. The van der Waals surface area contributed by atoms with Gasteiger partial charge in [0.15, 0.2) is 0 Å². The van der Waals surface area contributed by atoms with Gasteiger partial charge in [-0.05, 0) is 62.7 Å². The molecule has 0 heterocycles. The molecule has 4 unspecified atom stereocenters. The van der Waals surface area contributed by atoms with Gasteiger partial charge in [0, 0.05) is 6.42 Å². The third kappa shape index (κ3) is 14.9. The van der Waals surface area contributed by atoms with Gasteiger partial charge in [0.1, 0.15) is 18.1 Å². The summed E-state index contributed by atoms with van der Waals surface area (Å²) in [6, 6.07) is -4.20. The van der Waals surface area contributed by atoms with Crippen molar-refractivity contribution in [3.8, 4) is 0 Å². The lowest BCUT2D eigenvalue weighted by atomic mass is 10.1. The minimum atomic E-state index is -1.41. The van der Waals surface area contributed by atoms with Gasteiger partial charge in [-0.1, -0.05) is 6.42 Å². The molecule has 0 rings (SSSR count). The van der Waals surface area contributed by atoms with Gasteiger partial charge in [0.05, 0.1) is 6.04 Å². The molecule has 0 bridgehead atoms. The molecule has 0 aromatic rings. The second kappa shape index (κ2) is 19.2. The SMILES string of the molecule is CSCCC(NC(=O)C(N)CCCCN)C(=O)NC(CCSC)C(=O)NC(CCC(=O)O)C(=O)O. The molecule has 0 radical (unpaired) electrons. The summed E-state index contributed by atoms with van der Waals surface area (Å²) in [7, 11) is 0. The molecule has 0 aromatic heterocycles. The summed E-state index contributed by atoms with van der Waals surface area (Å²) in [5.41, 5.74) is 11.4. The number of carboxylic acids is 2. The summed E-state index contributed by atoms with van der Waals surface area (Å²) in [5.74, 6) is -3.29. The van der Waals surface area contributed by atoms with E-state index in [9.17, 15) is 29.1 Å². The Morgan fingerprint density at radius 3 is 1.66 bits per heavy atom. The highest BCUT2D eigenvalue weighted by molar-refractivity contribution is 7.98. The molecule has 202 valence electrons. The van der Waals surface area contributed by atoms with Crippen molar-refractivity contribution in [3.63, 3.8) is 0 Å². The molecule has 3 amide bonds. The smallest absolute Gasteiger partial charge is 0.326 e. The highest BCUT2D eigenvalue weighted by Crippen LogP contribution is 2.07. The van der Waals surface area contributed by atoms with Crippen LogP contribution in [0.15, 0.2) is 0 Å². The number of unbranched alkanes of at least 4 members (excludes halogenated alkanes) is 1. The van der Waals surface area contributed by atoms with Crippen LogP contribution in [0.4, 0.5) is 0 Å². The molecule has 35 heavy (non-hydrogen) atoms. The first-order valence-electron chi connectivity index (χ1n) is 11.4. The third-order valence-corrected chi connectivity index (χ3v) is 6.34.